The molecule has 0 aliphatic heterocycles. The lowest BCUT2D eigenvalue weighted by atomic mass is 10.00. The number of halogens is 1. The van der Waals surface area contributed by atoms with Crippen LogP contribution in [-0.4, -0.2) is 22.5 Å². The summed E-state index contributed by atoms with van der Waals surface area (Å²) in [5, 5.41) is 14.2. The quantitative estimate of drug-likeness (QED) is 0.278. The maximum Gasteiger partial charge on any atom is 0.231 e. The van der Waals surface area contributed by atoms with Gasteiger partial charge >= 0.3 is 0 Å². The molecule has 1 aliphatic rings. The molecule has 0 radical (unpaired) electrons. The molecule has 0 aromatic heterocycles. The molecule has 1 aromatic carbocycles. The maximum absolute atomic E-state index is 13.5. The van der Waals surface area contributed by atoms with E-state index in [9.17, 15) is 9.90 Å². The van der Waals surface area contributed by atoms with Crippen molar-refractivity contribution in [2.45, 2.75) is 67.2 Å². The number of carbonyl (C=O) groups excluding carboxylic acids is 1. The Labute approximate surface area is 235 Å². The molecule has 2 rings (SSSR count). The number of benzene rings is 1. The zero-order chi connectivity index (χ0) is 28.5. The summed E-state index contributed by atoms with van der Waals surface area (Å²) in [6.07, 6.45) is 18.0. The lowest BCUT2D eigenvalue weighted by molar-refractivity contribution is -0.127. The molecule has 0 heterocycles. The first-order valence-corrected chi connectivity index (χ1v) is 14.0. The van der Waals surface area contributed by atoms with E-state index in [1.165, 1.54) is 0 Å². The van der Waals surface area contributed by atoms with Gasteiger partial charge in [-0.2, -0.15) is 0 Å². The molecule has 1 aliphatic carbocycles. The third-order valence-corrected chi connectivity index (χ3v) is 6.01. The van der Waals surface area contributed by atoms with E-state index in [-0.39, 0.29) is 18.4 Å². The second-order valence-corrected chi connectivity index (χ2v) is 9.20. The van der Waals surface area contributed by atoms with Crippen LogP contribution in [0.1, 0.15) is 78.4 Å². The normalized spacial score (nSPS) is 15.9. The maximum atomic E-state index is 13.5. The zero-order valence-electron chi connectivity index (χ0n) is 23.9. The molecule has 206 valence electrons. The van der Waals surface area contributed by atoms with Crippen molar-refractivity contribution < 1.29 is 9.90 Å². The van der Waals surface area contributed by atoms with Crippen molar-refractivity contribution in [3.05, 3.63) is 106 Å². The van der Waals surface area contributed by atoms with Gasteiger partial charge in [-0.05, 0) is 48.1 Å². The summed E-state index contributed by atoms with van der Waals surface area (Å²) in [4.78, 5) is 15.3. The summed E-state index contributed by atoms with van der Waals surface area (Å²) in [5.41, 5.74) is 5.15. The highest BCUT2D eigenvalue weighted by molar-refractivity contribution is 6.29. The summed E-state index contributed by atoms with van der Waals surface area (Å²) in [6.45, 7) is 15.9. The Balaban J connectivity index is 0.00000352. The Morgan fingerprint density at radius 3 is 2.42 bits per heavy atom. The summed E-state index contributed by atoms with van der Waals surface area (Å²) in [6, 6.07) is 8.00. The fourth-order valence-corrected chi connectivity index (χ4v) is 4.07. The average molecular weight is 537 g/mol. The molecule has 0 fully saturated rings. The van der Waals surface area contributed by atoms with E-state index < -0.39 is 0 Å². The first-order valence-electron chi connectivity index (χ1n) is 13.6. The second kappa shape index (κ2) is 18.2. The van der Waals surface area contributed by atoms with Crippen LogP contribution in [0, 0.1) is 5.92 Å². The first-order chi connectivity index (χ1) is 18.4. The van der Waals surface area contributed by atoms with Gasteiger partial charge in [-0.15, -0.1) is 0 Å². The third-order valence-electron chi connectivity index (χ3n) is 5.70. The van der Waals surface area contributed by atoms with Gasteiger partial charge in [-0.1, -0.05) is 114 Å². The predicted molar refractivity (Wildman–Crippen MR) is 165 cm³/mol. The summed E-state index contributed by atoms with van der Waals surface area (Å²) >= 11 is 6.18. The van der Waals surface area contributed by atoms with Crippen LogP contribution in [0.5, 0.6) is 0 Å². The molecular formula is C33H45ClN2O2. The van der Waals surface area contributed by atoms with Crippen LogP contribution in [0.25, 0.3) is 12.2 Å². The number of aliphatic hydroxyl groups excluding tert-OH is 1. The number of allylic oxidation sites excluding steroid dienone is 7. The number of hydrogen-bond acceptors (Lipinski definition) is 3. The number of carbonyl (C=O) groups is 1. The minimum atomic E-state index is -0.166. The molecule has 0 saturated carbocycles. The molecule has 2 N–H and O–H groups in total. The largest absolute Gasteiger partial charge is 0.392 e. The van der Waals surface area contributed by atoms with Crippen molar-refractivity contribution in [2.75, 3.05) is 6.61 Å². The smallest absolute Gasteiger partial charge is 0.231 e. The molecule has 0 atom stereocenters. The minimum absolute atomic E-state index is 0.0201. The van der Waals surface area contributed by atoms with Crippen LogP contribution in [-0.2, 0) is 4.79 Å². The standard InChI is InChI=1S/C31H39ClN2O2.C2H6/c1-6-13-29(28(20-21-35)33-27-18-11-16-26(32)17-12-19-27)34(31(36)8-3)30(23(4)5)22-25-15-10-9-14-24(25)7-2;1-2/h7,9-11,13-15,17-20,22-23,33,35H,2,6,8,12,16,21H2,1,3-5H3;1-2H3/b18-11?,26-17+,27-19?,28-20+,29-13+,30-22+;. The van der Waals surface area contributed by atoms with Crippen molar-refractivity contribution in [1.29, 1.82) is 0 Å². The van der Waals surface area contributed by atoms with Gasteiger partial charge in [-0.3, -0.25) is 9.69 Å². The van der Waals surface area contributed by atoms with E-state index in [1.54, 1.807) is 11.0 Å². The number of nitrogens with zero attached hydrogens (tertiary/aromatic N) is 1. The van der Waals surface area contributed by atoms with Gasteiger partial charge in [0.1, 0.15) is 0 Å². The molecule has 0 unspecified atom stereocenters. The highest BCUT2D eigenvalue weighted by Crippen LogP contribution is 2.29. The molecule has 1 amide bonds. The number of nitrogens with one attached hydrogen (secondary N) is 1. The van der Waals surface area contributed by atoms with Crippen molar-refractivity contribution in [3.63, 3.8) is 0 Å². The molecule has 38 heavy (non-hydrogen) atoms. The molecule has 4 nitrogen and oxygen atoms in total. The molecule has 5 heteroatoms. The Hall–Kier alpha value is -3.08. The Bertz CT molecular complexity index is 1100. The number of amides is 1. The Morgan fingerprint density at radius 2 is 1.84 bits per heavy atom. The van der Waals surface area contributed by atoms with E-state index in [0.717, 1.165) is 39.7 Å². The molecule has 0 saturated heterocycles. The summed E-state index contributed by atoms with van der Waals surface area (Å²) < 4.78 is 0. The van der Waals surface area contributed by atoms with Gasteiger partial charge in [0.25, 0.3) is 0 Å². The lowest BCUT2D eigenvalue weighted by Crippen LogP contribution is -2.34. The van der Waals surface area contributed by atoms with E-state index in [4.69, 9.17) is 11.6 Å². The van der Waals surface area contributed by atoms with Gasteiger partial charge in [0.15, 0.2) is 0 Å². The monoisotopic (exact) mass is 536 g/mol. The number of rotatable bonds is 11. The number of aliphatic hydroxyl groups is 1. The lowest BCUT2D eigenvalue weighted by Gasteiger charge is -2.32. The van der Waals surface area contributed by atoms with E-state index in [0.29, 0.717) is 25.0 Å². The van der Waals surface area contributed by atoms with E-state index in [1.807, 2.05) is 88.4 Å². The van der Waals surface area contributed by atoms with Crippen molar-refractivity contribution in [3.8, 4) is 0 Å². The van der Waals surface area contributed by atoms with Crippen LogP contribution in [0.4, 0.5) is 0 Å². The van der Waals surface area contributed by atoms with Gasteiger partial charge < -0.3 is 10.4 Å². The van der Waals surface area contributed by atoms with Crippen molar-refractivity contribution in [2.24, 2.45) is 5.92 Å². The van der Waals surface area contributed by atoms with Crippen LogP contribution in [0.3, 0.4) is 0 Å². The predicted octanol–water partition coefficient (Wildman–Crippen LogP) is 8.71. The molecule has 1 aromatic rings. The second-order valence-electron chi connectivity index (χ2n) is 8.72. The summed E-state index contributed by atoms with van der Waals surface area (Å²) in [5.74, 6) is 0.0371. The van der Waals surface area contributed by atoms with Crippen molar-refractivity contribution >= 4 is 29.7 Å². The van der Waals surface area contributed by atoms with Crippen molar-refractivity contribution in [1.82, 2.24) is 10.2 Å². The Morgan fingerprint density at radius 1 is 1.16 bits per heavy atom. The zero-order valence-corrected chi connectivity index (χ0v) is 24.7. The van der Waals surface area contributed by atoms with Gasteiger partial charge in [0.2, 0.25) is 5.91 Å². The van der Waals surface area contributed by atoms with E-state index >= 15 is 0 Å². The highest BCUT2D eigenvalue weighted by atomic mass is 35.5. The van der Waals surface area contributed by atoms with Crippen LogP contribution < -0.4 is 5.32 Å². The highest BCUT2D eigenvalue weighted by Gasteiger charge is 2.26. The van der Waals surface area contributed by atoms with Gasteiger partial charge in [-0.25, -0.2) is 0 Å². The topological polar surface area (TPSA) is 52.6 Å². The SMILES string of the molecule is C=Cc1ccccc1/C=C(\C(C)C)N(C(=O)CC)C(=C/CC)/C(=C\CO)NC1=CC/C=C(/Cl)CC=C1.CC. The van der Waals surface area contributed by atoms with Crippen LogP contribution in [0.15, 0.2) is 95.1 Å². The average Bonchev–Trinajstić information content (AvgIpc) is 2.91. The number of hydrogen-bond donors (Lipinski definition) is 2. The first kappa shape index (κ1) is 32.9. The van der Waals surface area contributed by atoms with Gasteiger partial charge in [0.05, 0.1) is 18.0 Å². The summed E-state index contributed by atoms with van der Waals surface area (Å²) in [7, 11) is 0. The third kappa shape index (κ3) is 10.00. The fraction of sp³-hybridized carbons (Fsp3) is 0.364. The van der Waals surface area contributed by atoms with E-state index in [2.05, 4.69) is 31.8 Å². The molecule has 0 bridgehead atoms. The molecule has 0 spiro atoms. The van der Waals surface area contributed by atoms with Crippen LogP contribution >= 0.6 is 11.6 Å². The van der Waals surface area contributed by atoms with Crippen LogP contribution in [0.2, 0.25) is 0 Å². The molecular weight excluding hydrogens is 492 g/mol. The fourth-order valence-electron chi connectivity index (χ4n) is 3.89. The van der Waals surface area contributed by atoms with Gasteiger partial charge in [0, 0.05) is 29.3 Å². The Kier molecular flexibility index (Phi) is 15.8. The minimum Gasteiger partial charge on any atom is -0.392 e.